The van der Waals surface area contributed by atoms with Crippen LogP contribution in [0.2, 0.25) is 5.02 Å². The molecule has 0 saturated carbocycles. The first-order valence-corrected chi connectivity index (χ1v) is 11.2. The molecule has 33 heavy (non-hydrogen) atoms. The van der Waals surface area contributed by atoms with Gasteiger partial charge in [0.25, 0.3) is 0 Å². The highest BCUT2D eigenvalue weighted by Gasteiger charge is 2.38. The van der Waals surface area contributed by atoms with Crippen LogP contribution in [0.1, 0.15) is 20.8 Å². The van der Waals surface area contributed by atoms with E-state index in [1.807, 2.05) is 28.9 Å². The summed E-state index contributed by atoms with van der Waals surface area (Å²) in [5, 5.41) is 10.1. The summed E-state index contributed by atoms with van der Waals surface area (Å²) in [6.07, 6.45) is 3.03. The van der Waals surface area contributed by atoms with Crippen molar-refractivity contribution >= 4 is 29.0 Å². The van der Waals surface area contributed by atoms with Crippen LogP contribution >= 0.6 is 11.6 Å². The molecule has 1 saturated heterocycles. The number of aromatic nitrogens is 2. The molecule has 176 valence electrons. The fourth-order valence-corrected chi connectivity index (χ4v) is 4.59. The number of anilines is 1. The lowest BCUT2D eigenvalue weighted by Crippen LogP contribution is -2.59. The molecule has 1 aliphatic heterocycles. The maximum atomic E-state index is 11.8. The van der Waals surface area contributed by atoms with Gasteiger partial charge in [-0.2, -0.15) is 0 Å². The van der Waals surface area contributed by atoms with Gasteiger partial charge in [-0.1, -0.05) is 32.4 Å². The SMILES string of the molecule is COc1cc(OC)c(-c2cn3ccc(N4CCN(C(=O)O)C(C(C)(C)C)C4)cc3n2)cc1Cl. The van der Waals surface area contributed by atoms with E-state index in [1.165, 1.54) is 0 Å². The van der Waals surface area contributed by atoms with E-state index in [-0.39, 0.29) is 11.5 Å². The number of amides is 1. The summed E-state index contributed by atoms with van der Waals surface area (Å²) in [6, 6.07) is 7.49. The molecule has 0 aliphatic carbocycles. The van der Waals surface area contributed by atoms with Crippen LogP contribution in [0.15, 0.2) is 36.7 Å². The van der Waals surface area contributed by atoms with Crippen LogP contribution in [-0.4, -0.2) is 65.4 Å². The molecule has 1 fully saturated rings. The minimum absolute atomic E-state index is 0.110. The molecular weight excluding hydrogens is 444 g/mol. The number of imidazole rings is 1. The summed E-state index contributed by atoms with van der Waals surface area (Å²) in [5.74, 6) is 1.16. The topological polar surface area (TPSA) is 79.5 Å². The van der Waals surface area contributed by atoms with E-state index in [0.717, 1.165) is 22.6 Å². The highest BCUT2D eigenvalue weighted by molar-refractivity contribution is 6.32. The number of carboxylic acid groups (broad SMARTS) is 1. The van der Waals surface area contributed by atoms with Gasteiger partial charge in [-0.15, -0.1) is 0 Å². The van der Waals surface area contributed by atoms with Crippen LogP contribution in [0, 0.1) is 5.41 Å². The van der Waals surface area contributed by atoms with Crippen molar-refractivity contribution in [3.63, 3.8) is 0 Å². The fraction of sp³-hybridized carbons (Fsp3) is 0.417. The molecule has 0 bridgehead atoms. The number of hydrogen-bond donors (Lipinski definition) is 1. The fourth-order valence-electron chi connectivity index (χ4n) is 4.35. The standard InChI is InChI=1S/C24H29ClN4O4/c1-24(2,3)21-14-27(8-9-29(21)23(30)31)15-6-7-28-13-18(26-22(28)10-15)16-11-17(25)20(33-5)12-19(16)32-4/h6-7,10-13,21H,8-9,14H2,1-5H3,(H,30,31). The number of fused-ring (bicyclic) bond motifs is 1. The maximum absolute atomic E-state index is 11.8. The van der Waals surface area contributed by atoms with Gasteiger partial charge in [0.1, 0.15) is 17.1 Å². The number of piperazine rings is 1. The van der Waals surface area contributed by atoms with E-state index in [1.54, 1.807) is 31.3 Å². The third-order valence-electron chi connectivity index (χ3n) is 6.18. The molecule has 1 aromatic carbocycles. The third kappa shape index (κ3) is 4.39. The van der Waals surface area contributed by atoms with Gasteiger partial charge in [-0.25, -0.2) is 9.78 Å². The molecule has 1 unspecified atom stereocenters. The van der Waals surface area contributed by atoms with Gasteiger partial charge in [-0.05, 0) is 17.5 Å². The van der Waals surface area contributed by atoms with Gasteiger partial charge in [-0.3, -0.25) is 0 Å². The molecule has 8 nitrogen and oxygen atoms in total. The number of carbonyl (C=O) groups is 1. The molecule has 3 heterocycles. The van der Waals surface area contributed by atoms with E-state index >= 15 is 0 Å². The van der Waals surface area contributed by atoms with Gasteiger partial charge in [0.15, 0.2) is 0 Å². The molecule has 1 aliphatic rings. The summed E-state index contributed by atoms with van der Waals surface area (Å²) in [7, 11) is 3.16. The van der Waals surface area contributed by atoms with Crippen LogP contribution in [0.4, 0.5) is 10.5 Å². The predicted molar refractivity (Wildman–Crippen MR) is 129 cm³/mol. The molecule has 9 heteroatoms. The Morgan fingerprint density at radius 2 is 1.88 bits per heavy atom. The molecular formula is C24H29ClN4O4. The Morgan fingerprint density at radius 1 is 1.15 bits per heavy atom. The molecule has 1 atom stereocenters. The smallest absolute Gasteiger partial charge is 0.407 e. The first-order valence-electron chi connectivity index (χ1n) is 10.8. The van der Waals surface area contributed by atoms with Crippen LogP contribution in [0.3, 0.4) is 0 Å². The van der Waals surface area contributed by atoms with Crippen molar-refractivity contribution in [2.24, 2.45) is 5.41 Å². The van der Waals surface area contributed by atoms with Crippen LogP contribution in [0.25, 0.3) is 16.9 Å². The number of hydrogen-bond acceptors (Lipinski definition) is 5. The van der Waals surface area contributed by atoms with Gasteiger partial charge in [0, 0.05) is 55.4 Å². The largest absolute Gasteiger partial charge is 0.496 e. The highest BCUT2D eigenvalue weighted by atomic mass is 35.5. The Morgan fingerprint density at radius 3 is 2.52 bits per heavy atom. The van der Waals surface area contributed by atoms with E-state index in [4.69, 9.17) is 26.1 Å². The lowest BCUT2D eigenvalue weighted by atomic mass is 9.84. The van der Waals surface area contributed by atoms with Crippen molar-refractivity contribution in [1.29, 1.82) is 0 Å². The van der Waals surface area contributed by atoms with Crippen LogP contribution in [0.5, 0.6) is 11.5 Å². The molecule has 2 aromatic heterocycles. The van der Waals surface area contributed by atoms with Gasteiger partial charge >= 0.3 is 6.09 Å². The Balaban J connectivity index is 1.67. The van der Waals surface area contributed by atoms with Crippen molar-refractivity contribution in [3.8, 4) is 22.8 Å². The van der Waals surface area contributed by atoms with Crippen molar-refractivity contribution in [2.45, 2.75) is 26.8 Å². The number of benzene rings is 1. The highest BCUT2D eigenvalue weighted by Crippen LogP contribution is 2.38. The summed E-state index contributed by atoms with van der Waals surface area (Å²) in [4.78, 5) is 20.3. The van der Waals surface area contributed by atoms with E-state index in [0.29, 0.717) is 36.2 Å². The zero-order chi connectivity index (χ0) is 23.9. The quantitative estimate of drug-likeness (QED) is 0.582. The van der Waals surface area contributed by atoms with Crippen molar-refractivity contribution < 1.29 is 19.4 Å². The number of ether oxygens (including phenoxy) is 2. The number of nitrogens with zero attached hydrogens (tertiary/aromatic N) is 4. The van der Waals surface area contributed by atoms with Crippen molar-refractivity contribution in [2.75, 3.05) is 38.8 Å². The minimum atomic E-state index is -0.866. The van der Waals surface area contributed by atoms with E-state index in [2.05, 4.69) is 25.7 Å². The third-order valence-corrected chi connectivity index (χ3v) is 6.48. The number of halogens is 1. The zero-order valence-corrected chi connectivity index (χ0v) is 20.3. The minimum Gasteiger partial charge on any atom is -0.496 e. The second kappa shape index (κ2) is 8.67. The summed E-state index contributed by atoms with van der Waals surface area (Å²) in [5.41, 5.74) is 3.13. The lowest BCUT2D eigenvalue weighted by Gasteiger charge is -2.46. The molecule has 4 rings (SSSR count). The Kier molecular flexibility index (Phi) is 6.05. The lowest BCUT2D eigenvalue weighted by molar-refractivity contribution is 0.0748. The summed E-state index contributed by atoms with van der Waals surface area (Å²) in [6.45, 7) is 7.95. The monoisotopic (exact) mass is 472 g/mol. The molecule has 0 spiro atoms. The normalized spacial score (nSPS) is 16.8. The van der Waals surface area contributed by atoms with Gasteiger partial charge in [0.2, 0.25) is 0 Å². The van der Waals surface area contributed by atoms with E-state index in [9.17, 15) is 9.90 Å². The molecule has 1 N–H and O–H groups in total. The second-order valence-corrected chi connectivity index (χ2v) is 9.67. The first kappa shape index (κ1) is 23.0. The van der Waals surface area contributed by atoms with Gasteiger partial charge in [0.05, 0.1) is 31.0 Å². The Hall–Kier alpha value is -3.13. The summed E-state index contributed by atoms with van der Waals surface area (Å²) < 4.78 is 12.8. The first-order chi connectivity index (χ1) is 15.6. The van der Waals surface area contributed by atoms with Crippen LogP contribution in [-0.2, 0) is 0 Å². The average molecular weight is 473 g/mol. The zero-order valence-electron chi connectivity index (χ0n) is 19.5. The van der Waals surface area contributed by atoms with Crippen molar-refractivity contribution in [1.82, 2.24) is 14.3 Å². The summed E-state index contributed by atoms with van der Waals surface area (Å²) >= 11 is 6.35. The number of methoxy groups -OCH3 is 2. The maximum Gasteiger partial charge on any atom is 0.407 e. The molecule has 0 radical (unpaired) electrons. The average Bonchev–Trinajstić information content (AvgIpc) is 3.21. The predicted octanol–water partition coefficient (Wildman–Crippen LogP) is 4.89. The van der Waals surface area contributed by atoms with Gasteiger partial charge < -0.3 is 28.8 Å². The van der Waals surface area contributed by atoms with Crippen LogP contribution < -0.4 is 14.4 Å². The Labute approximate surface area is 198 Å². The van der Waals surface area contributed by atoms with Crippen molar-refractivity contribution in [3.05, 3.63) is 41.7 Å². The molecule has 1 amide bonds. The van der Waals surface area contributed by atoms with E-state index < -0.39 is 6.09 Å². The molecule has 3 aromatic rings. The second-order valence-electron chi connectivity index (χ2n) is 9.27. The Bertz CT molecular complexity index is 1190. The number of pyridine rings is 1. The number of rotatable bonds is 4.